The lowest BCUT2D eigenvalue weighted by Gasteiger charge is -2.29. The van der Waals surface area contributed by atoms with Gasteiger partial charge in [-0.3, -0.25) is 0 Å². The predicted octanol–water partition coefficient (Wildman–Crippen LogP) is 5.58. The summed E-state index contributed by atoms with van der Waals surface area (Å²) in [6, 6.07) is 8.62. The number of hydrogen-bond acceptors (Lipinski definition) is 1. The minimum absolute atomic E-state index is 0.0735. The molecule has 0 heterocycles. The Kier molecular flexibility index (Phi) is 5.44. The van der Waals surface area contributed by atoms with Crippen molar-refractivity contribution in [2.45, 2.75) is 71.3 Å². The fourth-order valence-corrected chi connectivity index (χ4v) is 3.76. The SMILES string of the molecule is CCC(C)(C)c1ccc(OC(C)(C)PC(C)C)cc1. The van der Waals surface area contributed by atoms with E-state index in [1.54, 1.807) is 0 Å². The Hall–Kier alpha value is -0.550. The Morgan fingerprint density at radius 1 is 1.05 bits per heavy atom. The summed E-state index contributed by atoms with van der Waals surface area (Å²) >= 11 is 0. The van der Waals surface area contributed by atoms with Crippen LogP contribution in [0.1, 0.15) is 60.5 Å². The molecule has 0 saturated heterocycles. The summed E-state index contributed by atoms with van der Waals surface area (Å²) in [5, 5.41) is -0.0735. The van der Waals surface area contributed by atoms with Gasteiger partial charge in [-0.2, -0.15) is 0 Å². The van der Waals surface area contributed by atoms with Crippen molar-refractivity contribution in [3.8, 4) is 5.75 Å². The molecule has 0 N–H and O–H groups in total. The highest BCUT2D eigenvalue weighted by atomic mass is 31.1. The maximum Gasteiger partial charge on any atom is 0.120 e. The molecule has 1 nitrogen and oxygen atoms in total. The monoisotopic (exact) mass is 280 g/mol. The van der Waals surface area contributed by atoms with E-state index in [0.29, 0.717) is 5.66 Å². The smallest absolute Gasteiger partial charge is 0.120 e. The van der Waals surface area contributed by atoms with Gasteiger partial charge in [-0.05, 0) is 49.0 Å². The molecule has 108 valence electrons. The van der Waals surface area contributed by atoms with Crippen LogP contribution in [-0.4, -0.2) is 11.0 Å². The molecule has 19 heavy (non-hydrogen) atoms. The molecule has 1 rings (SSSR count). The molecule has 1 unspecified atom stereocenters. The van der Waals surface area contributed by atoms with Crippen LogP contribution in [0.25, 0.3) is 0 Å². The summed E-state index contributed by atoms with van der Waals surface area (Å²) in [4.78, 5) is 0. The number of hydrogen-bond donors (Lipinski definition) is 0. The maximum absolute atomic E-state index is 6.13. The van der Waals surface area contributed by atoms with Crippen LogP contribution in [0.15, 0.2) is 24.3 Å². The molecule has 0 fully saturated rings. The standard InChI is InChI=1S/C17H29OP/c1-8-16(4,5)14-9-11-15(12-10-14)18-17(6,7)19-13(2)3/h9-13,19H,8H2,1-7H3. The molecule has 0 amide bonds. The van der Waals surface area contributed by atoms with Crippen LogP contribution < -0.4 is 4.74 Å². The fourth-order valence-electron chi connectivity index (χ4n) is 2.20. The van der Waals surface area contributed by atoms with E-state index < -0.39 is 0 Å². The van der Waals surface area contributed by atoms with Crippen molar-refractivity contribution in [1.29, 1.82) is 0 Å². The van der Waals surface area contributed by atoms with E-state index in [0.717, 1.165) is 20.8 Å². The molecule has 1 atom stereocenters. The second kappa shape index (κ2) is 6.27. The molecule has 0 radical (unpaired) electrons. The third-order valence-electron chi connectivity index (χ3n) is 3.53. The molecule has 0 aromatic heterocycles. The Bertz CT molecular complexity index is 390. The summed E-state index contributed by atoms with van der Waals surface area (Å²) in [7, 11) is 0.805. The summed E-state index contributed by atoms with van der Waals surface area (Å²) in [6.45, 7) is 15.6. The normalized spacial score (nSPS) is 13.5. The highest BCUT2D eigenvalue weighted by Crippen LogP contribution is 2.37. The lowest BCUT2D eigenvalue weighted by atomic mass is 9.82. The van der Waals surface area contributed by atoms with E-state index in [-0.39, 0.29) is 10.8 Å². The van der Waals surface area contributed by atoms with Gasteiger partial charge in [0.2, 0.25) is 0 Å². The molecule has 0 spiro atoms. The van der Waals surface area contributed by atoms with Crippen molar-refractivity contribution in [3.05, 3.63) is 29.8 Å². The van der Waals surface area contributed by atoms with Gasteiger partial charge >= 0.3 is 0 Å². The van der Waals surface area contributed by atoms with Crippen molar-refractivity contribution in [2.24, 2.45) is 0 Å². The highest BCUT2D eigenvalue weighted by molar-refractivity contribution is 7.40. The highest BCUT2D eigenvalue weighted by Gasteiger charge is 2.22. The third-order valence-corrected chi connectivity index (χ3v) is 4.90. The van der Waals surface area contributed by atoms with Crippen LogP contribution in [0.2, 0.25) is 0 Å². The number of rotatable bonds is 6. The van der Waals surface area contributed by atoms with Crippen molar-refractivity contribution >= 4 is 8.58 Å². The molecule has 1 aromatic rings. The van der Waals surface area contributed by atoms with Gasteiger partial charge < -0.3 is 4.74 Å². The van der Waals surface area contributed by atoms with Gasteiger partial charge in [-0.25, -0.2) is 0 Å². The lowest BCUT2D eigenvalue weighted by molar-refractivity contribution is 0.202. The lowest BCUT2D eigenvalue weighted by Crippen LogP contribution is -2.24. The second-order valence-electron chi connectivity index (χ2n) is 6.67. The molecular weight excluding hydrogens is 251 g/mol. The predicted molar refractivity (Wildman–Crippen MR) is 87.9 cm³/mol. The zero-order chi connectivity index (χ0) is 14.7. The Balaban J connectivity index is 2.77. The summed E-state index contributed by atoms with van der Waals surface area (Å²) < 4.78 is 6.13. The van der Waals surface area contributed by atoms with Crippen LogP contribution in [0, 0.1) is 0 Å². The third kappa shape index (κ3) is 5.15. The summed E-state index contributed by atoms with van der Waals surface area (Å²) in [6.07, 6.45) is 1.15. The molecule has 0 aliphatic rings. The van der Waals surface area contributed by atoms with E-state index in [4.69, 9.17) is 4.74 Å². The van der Waals surface area contributed by atoms with Gasteiger partial charge in [-0.15, -0.1) is 0 Å². The summed E-state index contributed by atoms with van der Waals surface area (Å²) in [5.41, 5.74) is 2.30. The zero-order valence-electron chi connectivity index (χ0n) is 13.5. The van der Waals surface area contributed by atoms with Gasteiger partial charge in [0.1, 0.15) is 11.1 Å². The molecule has 0 aliphatic carbocycles. The van der Waals surface area contributed by atoms with Crippen molar-refractivity contribution in [3.63, 3.8) is 0 Å². The first kappa shape index (κ1) is 16.5. The largest absolute Gasteiger partial charge is 0.484 e. The zero-order valence-corrected chi connectivity index (χ0v) is 14.5. The van der Waals surface area contributed by atoms with E-state index in [2.05, 4.69) is 72.7 Å². The van der Waals surface area contributed by atoms with Crippen LogP contribution in [0.3, 0.4) is 0 Å². The van der Waals surface area contributed by atoms with E-state index >= 15 is 0 Å². The van der Waals surface area contributed by atoms with E-state index in [1.165, 1.54) is 5.56 Å². The first-order valence-corrected chi connectivity index (χ1v) is 8.31. The average Bonchev–Trinajstić information content (AvgIpc) is 2.27. The van der Waals surface area contributed by atoms with Crippen LogP contribution in [0.4, 0.5) is 0 Å². The molecular formula is C17H29OP. The number of ether oxygens (including phenoxy) is 1. The van der Waals surface area contributed by atoms with Gasteiger partial charge in [0.05, 0.1) is 0 Å². The maximum atomic E-state index is 6.13. The molecule has 0 aliphatic heterocycles. The van der Waals surface area contributed by atoms with Crippen molar-refractivity contribution < 1.29 is 4.74 Å². The van der Waals surface area contributed by atoms with Crippen LogP contribution in [0.5, 0.6) is 5.75 Å². The van der Waals surface area contributed by atoms with Gasteiger partial charge in [0.25, 0.3) is 0 Å². The molecule has 1 aromatic carbocycles. The van der Waals surface area contributed by atoms with Gasteiger partial charge in [0.15, 0.2) is 0 Å². The summed E-state index contributed by atoms with van der Waals surface area (Å²) in [5.74, 6) is 0.980. The number of benzene rings is 1. The van der Waals surface area contributed by atoms with Gasteiger partial charge in [0, 0.05) is 0 Å². The molecule has 0 saturated carbocycles. The average molecular weight is 280 g/mol. The van der Waals surface area contributed by atoms with Crippen LogP contribution in [-0.2, 0) is 5.41 Å². The first-order chi connectivity index (χ1) is 8.66. The quantitative estimate of drug-likeness (QED) is 0.618. The Morgan fingerprint density at radius 2 is 1.58 bits per heavy atom. The molecule has 0 bridgehead atoms. The van der Waals surface area contributed by atoms with Crippen molar-refractivity contribution in [1.82, 2.24) is 0 Å². The second-order valence-corrected chi connectivity index (χ2v) is 9.32. The molecule has 2 heteroatoms. The first-order valence-electron chi connectivity index (χ1n) is 7.23. The van der Waals surface area contributed by atoms with Crippen LogP contribution >= 0.6 is 8.58 Å². The minimum Gasteiger partial charge on any atom is -0.484 e. The van der Waals surface area contributed by atoms with E-state index in [1.807, 2.05) is 0 Å². The minimum atomic E-state index is -0.0735. The van der Waals surface area contributed by atoms with Crippen molar-refractivity contribution in [2.75, 3.05) is 0 Å². The van der Waals surface area contributed by atoms with Gasteiger partial charge in [-0.1, -0.05) is 55.3 Å². The topological polar surface area (TPSA) is 9.23 Å². The fraction of sp³-hybridized carbons (Fsp3) is 0.647. The Labute approximate surface area is 120 Å². The Morgan fingerprint density at radius 3 is 2.00 bits per heavy atom. The van der Waals surface area contributed by atoms with E-state index in [9.17, 15) is 0 Å².